The molecular weight excluding hydrogens is 240 g/mol. The number of rotatable bonds is 2. The predicted octanol–water partition coefficient (Wildman–Crippen LogP) is 0.736. The van der Waals surface area contributed by atoms with Crippen LogP contribution in [0.25, 0.3) is 11.4 Å². The van der Waals surface area contributed by atoms with Gasteiger partial charge in [-0.1, -0.05) is 23.8 Å². The van der Waals surface area contributed by atoms with E-state index in [0.717, 1.165) is 16.7 Å². The Labute approximate surface area is 98.9 Å². The van der Waals surface area contributed by atoms with Crippen molar-refractivity contribution in [3.63, 3.8) is 0 Å². The molecule has 7 heteroatoms. The second-order valence-electron chi connectivity index (χ2n) is 3.83. The van der Waals surface area contributed by atoms with Crippen molar-refractivity contribution >= 4 is 10.0 Å². The van der Waals surface area contributed by atoms with Crippen molar-refractivity contribution in [1.29, 1.82) is 0 Å². The molecule has 2 aromatic rings. The molecule has 0 saturated carbocycles. The zero-order chi connectivity index (χ0) is 12.6. The molecule has 0 unspecified atom stereocenters. The minimum absolute atomic E-state index is 0.325. The Hall–Kier alpha value is -1.73. The van der Waals surface area contributed by atoms with Crippen molar-refractivity contribution < 1.29 is 8.42 Å². The standard InChI is InChI=1S/C10H12N4O2S/c1-6-3-4-8(7(2)5-6)9-12-10(14-13-9)17(11,15)16/h3-5H,1-2H3,(H2,11,15,16)(H,12,13,14). The van der Waals surface area contributed by atoms with Gasteiger partial charge in [-0.25, -0.2) is 18.7 Å². The summed E-state index contributed by atoms with van der Waals surface area (Å²) >= 11 is 0. The molecule has 0 aliphatic heterocycles. The highest BCUT2D eigenvalue weighted by atomic mass is 32.2. The highest BCUT2D eigenvalue weighted by Gasteiger charge is 2.15. The Bertz CT molecular complexity index is 661. The molecule has 0 spiro atoms. The smallest absolute Gasteiger partial charge is 0.248 e. The summed E-state index contributed by atoms with van der Waals surface area (Å²) in [6.45, 7) is 3.89. The first-order chi connectivity index (χ1) is 7.88. The number of H-pyrrole nitrogens is 1. The molecule has 1 aromatic heterocycles. The molecule has 1 heterocycles. The summed E-state index contributed by atoms with van der Waals surface area (Å²) in [6, 6.07) is 5.73. The van der Waals surface area contributed by atoms with Crippen LogP contribution >= 0.6 is 0 Å². The Morgan fingerprint density at radius 1 is 1.29 bits per heavy atom. The predicted molar refractivity (Wildman–Crippen MR) is 62.7 cm³/mol. The lowest BCUT2D eigenvalue weighted by molar-refractivity contribution is 0.589. The van der Waals surface area contributed by atoms with E-state index in [-0.39, 0.29) is 5.16 Å². The van der Waals surface area contributed by atoms with Gasteiger partial charge in [0.05, 0.1) is 0 Å². The molecule has 0 aliphatic carbocycles. The topological polar surface area (TPSA) is 102 Å². The molecule has 0 aliphatic rings. The van der Waals surface area contributed by atoms with Gasteiger partial charge < -0.3 is 0 Å². The first kappa shape index (κ1) is 11.7. The van der Waals surface area contributed by atoms with Gasteiger partial charge in [0.2, 0.25) is 0 Å². The molecule has 0 atom stereocenters. The zero-order valence-corrected chi connectivity index (χ0v) is 10.2. The van der Waals surface area contributed by atoms with Gasteiger partial charge in [-0.05, 0) is 19.4 Å². The molecule has 17 heavy (non-hydrogen) atoms. The minimum atomic E-state index is -3.84. The largest absolute Gasteiger partial charge is 0.273 e. The number of benzene rings is 1. The van der Waals surface area contributed by atoms with Crippen molar-refractivity contribution in [3.8, 4) is 11.4 Å². The van der Waals surface area contributed by atoms with Crippen LogP contribution in [0.4, 0.5) is 0 Å². The second-order valence-corrected chi connectivity index (χ2v) is 5.30. The van der Waals surface area contributed by atoms with E-state index in [9.17, 15) is 8.42 Å². The summed E-state index contributed by atoms with van der Waals surface area (Å²) < 4.78 is 22.1. The van der Waals surface area contributed by atoms with E-state index < -0.39 is 10.0 Å². The number of aromatic amines is 1. The minimum Gasteiger partial charge on any atom is -0.248 e. The van der Waals surface area contributed by atoms with Crippen LogP contribution < -0.4 is 5.14 Å². The summed E-state index contributed by atoms with van der Waals surface area (Å²) in [5.74, 6) is 0.325. The van der Waals surface area contributed by atoms with Crippen molar-refractivity contribution in [3.05, 3.63) is 29.3 Å². The van der Waals surface area contributed by atoms with Crippen molar-refractivity contribution in [2.24, 2.45) is 5.14 Å². The van der Waals surface area contributed by atoms with Gasteiger partial charge in [0.1, 0.15) is 0 Å². The normalized spacial score (nSPS) is 11.7. The Kier molecular flexibility index (Phi) is 2.72. The van der Waals surface area contributed by atoms with E-state index in [1.54, 1.807) is 0 Å². The fourth-order valence-electron chi connectivity index (χ4n) is 1.56. The van der Waals surface area contributed by atoms with Gasteiger partial charge in [-0.3, -0.25) is 0 Å². The summed E-state index contributed by atoms with van der Waals surface area (Å²) in [6.07, 6.45) is 0. The van der Waals surface area contributed by atoms with Crippen LogP contribution in [0.5, 0.6) is 0 Å². The zero-order valence-electron chi connectivity index (χ0n) is 9.43. The van der Waals surface area contributed by atoms with Crippen LogP contribution in [-0.2, 0) is 10.0 Å². The van der Waals surface area contributed by atoms with Gasteiger partial charge >= 0.3 is 0 Å². The fourth-order valence-corrected chi connectivity index (χ4v) is 1.95. The van der Waals surface area contributed by atoms with Crippen LogP contribution in [0.1, 0.15) is 11.1 Å². The average Bonchev–Trinajstić information content (AvgIpc) is 2.65. The van der Waals surface area contributed by atoms with Crippen LogP contribution in [0.15, 0.2) is 23.4 Å². The fraction of sp³-hybridized carbons (Fsp3) is 0.200. The molecule has 1 aromatic carbocycles. The number of aryl methyl sites for hydroxylation is 2. The number of nitrogens with two attached hydrogens (primary N) is 1. The van der Waals surface area contributed by atoms with Gasteiger partial charge in [-0.2, -0.15) is 10.1 Å². The number of nitrogens with zero attached hydrogens (tertiary/aromatic N) is 2. The van der Waals surface area contributed by atoms with Gasteiger partial charge in [0.15, 0.2) is 5.82 Å². The summed E-state index contributed by atoms with van der Waals surface area (Å²) in [5, 5.41) is 10.8. The van der Waals surface area contributed by atoms with Gasteiger partial charge in [0, 0.05) is 5.56 Å². The van der Waals surface area contributed by atoms with Gasteiger partial charge in [-0.15, -0.1) is 0 Å². The third-order valence-electron chi connectivity index (χ3n) is 2.36. The van der Waals surface area contributed by atoms with E-state index in [2.05, 4.69) is 15.2 Å². The maximum atomic E-state index is 11.1. The van der Waals surface area contributed by atoms with Crippen LogP contribution in [0.3, 0.4) is 0 Å². The molecule has 0 amide bonds. The summed E-state index contributed by atoms with van der Waals surface area (Å²) in [7, 11) is -3.84. The Balaban J connectivity index is 2.51. The quantitative estimate of drug-likeness (QED) is 0.822. The number of sulfonamides is 1. The lowest BCUT2D eigenvalue weighted by atomic mass is 10.1. The lowest BCUT2D eigenvalue weighted by Crippen LogP contribution is -2.13. The third kappa shape index (κ3) is 2.34. The van der Waals surface area contributed by atoms with Crippen molar-refractivity contribution in [2.45, 2.75) is 19.0 Å². The number of hydrogen-bond acceptors (Lipinski definition) is 4. The molecule has 2 rings (SSSR count). The van der Waals surface area contributed by atoms with Crippen molar-refractivity contribution in [1.82, 2.24) is 15.2 Å². The Morgan fingerprint density at radius 3 is 2.53 bits per heavy atom. The van der Waals surface area contributed by atoms with E-state index in [1.807, 2.05) is 32.0 Å². The van der Waals surface area contributed by atoms with E-state index in [0.29, 0.717) is 5.82 Å². The number of nitrogens with one attached hydrogen (secondary N) is 1. The maximum absolute atomic E-state index is 11.1. The van der Waals surface area contributed by atoms with E-state index in [4.69, 9.17) is 5.14 Å². The first-order valence-corrected chi connectivity index (χ1v) is 6.45. The summed E-state index contributed by atoms with van der Waals surface area (Å²) in [4.78, 5) is 3.86. The third-order valence-corrected chi connectivity index (χ3v) is 3.08. The highest BCUT2D eigenvalue weighted by Crippen LogP contribution is 2.21. The molecule has 0 fully saturated rings. The molecule has 0 saturated heterocycles. The molecule has 6 nitrogen and oxygen atoms in total. The van der Waals surface area contributed by atoms with Crippen molar-refractivity contribution in [2.75, 3.05) is 0 Å². The van der Waals surface area contributed by atoms with Gasteiger partial charge in [0.25, 0.3) is 15.2 Å². The number of primary sulfonamides is 1. The molecule has 0 bridgehead atoms. The van der Waals surface area contributed by atoms with E-state index >= 15 is 0 Å². The highest BCUT2D eigenvalue weighted by molar-refractivity contribution is 7.89. The number of hydrogen-bond donors (Lipinski definition) is 2. The number of aromatic nitrogens is 3. The monoisotopic (exact) mass is 252 g/mol. The summed E-state index contributed by atoms with van der Waals surface area (Å²) in [5.41, 5.74) is 2.88. The molecule has 0 radical (unpaired) electrons. The molecular formula is C10H12N4O2S. The SMILES string of the molecule is Cc1ccc(-c2n[nH]c(S(N)(=O)=O)n2)c(C)c1. The van der Waals surface area contributed by atoms with E-state index in [1.165, 1.54) is 0 Å². The average molecular weight is 252 g/mol. The second kappa shape index (κ2) is 3.94. The first-order valence-electron chi connectivity index (χ1n) is 4.91. The molecule has 3 N–H and O–H groups in total. The van der Waals surface area contributed by atoms with Crippen LogP contribution in [-0.4, -0.2) is 23.6 Å². The maximum Gasteiger partial charge on any atom is 0.273 e. The Morgan fingerprint density at radius 2 is 2.00 bits per heavy atom. The lowest BCUT2D eigenvalue weighted by Gasteiger charge is -2.01. The van der Waals surface area contributed by atoms with Crippen LogP contribution in [0.2, 0.25) is 0 Å². The molecule has 90 valence electrons. The van der Waals surface area contributed by atoms with Crippen LogP contribution in [0, 0.1) is 13.8 Å².